The van der Waals surface area contributed by atoms with E-state index < -0.39 is 12.3 Å². The van der Waals surface area contributed by atoms with Gasteiger partial charge in [0.2, 0.25) is 5.69 Å². The second-order valence-electron chi connectivity index (χ2n) is 7.85. The number of aryl methyl sites for hydroxylation is 2. The van der Waals surface area contributed by atoms with E-state index in [-0.39, 0.29) is 17.6 Å². The second kappa shape index (κ2) is 7.04. The van der Waals surface area contributed by atoms with E-state index in [4.69, 9.17) is 16.5 Å². The Hall–Kier alpha value is -3.12. The normalized spacial score (nSPS) is 14.0. The van der Waals surface area contributed by atoms with Crippen LogP contribution in [0.5, 0.6) is 0 Å². The number of aromatic nitrogens is 1. The first kappa shape index (κ1) is 14.8. The number of benzene rings is 2. The second-order valence-corrected chi connectivity index (χ2v) is 7.85. The minimum Gasteiger partial charge on any atom is -0.456 e. The van der Waals surface area contributed by atoms with Crippen LogP contribution in [0.25, 0.3) is 38.0 Å². The molecule has 0 aliphatic rings. The lowest BCUT2D eigenvalue weighted by molar-refractivity contribution is -0.666. The Labute approximate surface area is 178 Å². The topological polar surface area (TPSA) is 21.4 Å². The van der Waals surface area contributed by atoms with Crippen LogP contribution in [0.3, 0.4) is 0 Å². The maximum Gasteiger partial charge on any atom is 0.216 e. The molecule has 0 spiro atoms. The number of rotatable bonds is 3. The fraction of sp³-hybridized carbons (Fsp3) is 0.308. The van der Waals surface area contributed by atoms with E-state index in [9.17, 15) is 0 Å². The first-order chi connectivity index (χ1) is 15.4. The summed E-state index contributed by atoms with van der Waals surface area (Å²) in [6.07, 6.45) is -1.83. The SMILES string of the molecule is [2H]c1c(C([2H])([2H])C(C)C)c([2H])c(-c2c(C)ccc3c2oc2c(C)c([N+]#[C-])ccc23)[n+](C)c1C. The first-order valence-corrected chi connectivity index (χ1v) is 9.76. The summed E-state index contributed by atoms with van der Waals surface area (Å²) in [7, 11) is 1.80. The largest absolute Gasteiger partial charge is 0.456 e. The van der Waals surface area contributed by atoms with Gasteiger partial charge in [0.05, 0.1) is 14.9 Å². The number of furan rings is 1. The molecule has 0 atom stereocenters. The van der Waals surface area contributed by atoms with Gasteiger partial charge in [-0.05, 0) is 42.8 Å². The molecule has 0 saturated heterocycles. The van der Waals surface area contributed by atoms with Gasteiger partial charge >= 0.3 is 0 Å². The van der Waals surface area contributed by atoms with E-state index in [1.807, 2.05) is 32.0 Å². The summed E-state index contributed by atoms with van der Waals surface area (Å²) in [4.78, 5) is 3.59. The minimum absolute atomic E-state index is 0.00132. The van der Waals surface area contributed by atoms with Gasteiger partial charge in [-0.2, -0.15) is 4.57 Å². The van der Waals surface area contributed by atoms with Crippen molar-refractivity contribution in [2.75, 3.05) is 0 Å². The van der Waals surface area contributed by atoms with Gasteiger partial charge in [-0.1, -0.05) is 38.1 Å². The fourth-order valence-corrected chi connectivity index (χ4v) is 3.80. The molecule has 0 aliphatic heterocycles. The molecule has 0 radical (unpaired) electrons. The van der Waals surface area contributed by atoms with Gasteiger partial charge < -0.3 is 4.42 Å². The number of hydrogen-bond donors (Lipinski definition) is 0. The summed E-state index contributed by atoms with van der Waals surface area (Å²) in [5, 5.41) is 1.78. The van der Waals surface area contributed by atoms with Crippen LogP contribution in [-0.2, 0) is 13.4 Å². The zero-order valence-electron chi connectivity index (χ0n) is 21.7. The van der Waals surface area contributed by atoms with Crippen molar-refractivity contribution in [2.45, 2.75) is 41.0 Å². The van der Waals surface area contributed by atoms with Crippen molar-refractivity contribution in [1.82, 2.24) is 0 Å². The predicted molar refractivity (Wildman–Crippen MR) is 119 cm³/mol. The molecular formula is C26H27N2O+. The molecule has 0 aliphatic carbocycles. The third-order valence-electron chi connectivity index (χ3n) is 5.42. The van der Waals surface area contributed by atoms with E-state index in [1.165, 1.54) is 0 Å². The Bertz CT molecular complexity index is 1490. The summed E-state index contributed by atoms with van der Waals surface area (Å²) in [6, 6.07) is 7.70. The van der Waals surface area contributed by atoms with Crippen LogP contribution in [0, 0.1) is 33.3 Å². The van der Waals surface area contributed by atoms with Gasteiger partial charge in [-0.3, -0.25) is 0 Å². The van der Waals surface area contributed by atoms with Crippen LogP contribution in [0.15, 0.2) is 40.8 Å². The van der Waals surface area contributed by atoms with Crippen molar-refractivity contribution >= 4 is 27.6 Å². The molecule has 4 aromatic rings. The summed E-state index contributed by atoms with van der Waals surface area (Å²) in [5.41, 5.74) is 5.36. The third-order valence-corrected chi connectivity index (χ3v) is 5.42. The van der Waals surface area contributed by atoms with Gasteiger partial charge in [0.15, 0.2) is 11.4 Å². The Morgan fingerprint density at radius 3 is 2.48 bits per heavy atom. The number of nitrogens with zero attached hydrogens (tertiary/aromatic N) is 2. The van der Waals surface area contributed by atoms with Crippen LogP contribution < -0.4 is 4.57 Å². The van der Waals surface area contributed by atoms with E-state index in [1.54, 1.807) is 38.5 Å². The van der Waals surface area contributed by atoms with Crippen molar-refractivity contribution in [3.8, 4) is 11.3 Å². The first-order valence-electron chi connectivity index (χ1n) is 11.8. The van der Waals surface area contributed by atoms with Gasteiger partial charge in [0.1, 0.15) is 18.2 Å². The van der Waals surface area contributed by atoms with Crippen LogP contribution in [0.2, 0.25) is 0 Å². The zero-order chi connectivity index (χ0) is 24.4. The number of fused-ring (bicyclic) bond motifs is 3. The van der Waals surface area contributed by atoms with Crippen molar-refractivity contribution in [1.29, 1.82) is 0 Å². The van der Waals surface area contributed by atoms with E-state index in [0.717, 1.165) is 21.9 Å². The van der Waals surface area contributed by atoms with Crippen molar-refractivity contribution in [2.24, 2.45) is 13.0 Å². The summed E-state index contributed by atoms with van der Waals surface area (Å²) < 4.78 is 43.2. The molecule has 2 aromatic carbocycles. The molecule has 29 heavy (non-hydrogen) atoms. The molecule has 3 heteroatoms. The van der Waals surface area contributed by atoms with Crippen LogP contribution in [0.4, 0.5) is 5.69 Å². The van der Waals surface area contributed by atoms with Crippen molar-refractivity contribution in [3.05, 3.63) is 70.2 Å². The molecule has 0 N–H and O–H groups in total. The third kappa shape index (κ3) is 3.09. The van der Waals surface area contributed by atoms with Gasteiger partial charge in [0.25, 0.3) is 0 Å². The molecule has 2 heterocycles. The maximum atomic E-state index is 9.06. The van der Waals surface area contributed by atoms with Gasteiger partial charge in [0, 0.05) is 32.5 Å². The van der Waals surface area contributed by atoms with Crippen molar-refractivity contribution in [3.63, 3.8) is 0 Å². The van der Waals surface area contributed by atoms with E-state index >= 15 is 0 Å². The number of hydrogen-bond acceptors (Lipinski definition) is 1. The van der Waals surface area contributed by atoms with Crippen LogP contribution in [0.1, 0.15) is 41.7 Å². The summed E-state index contributed by atoms with van der Waals surface area (Å²) in [6.45, 7) is 16.6. The highest BCUT2D eigenvalue weighted by Gasteiger charge is 2.23. The molecule has 0 amide bonds. The smallest absolute Gasteiger partial charge is 0.216 e. The minimum atomic E-state index is -1.83. The predicted octanol–water partition coefficient (Wildman–Crippen LogP) is 6.75. The monoisotopic (exact) mass is 387 g/mol. The molecular weight excluding hydrogens is 356 g/mol. The average Bonchev–Trinajstić information content (AvgIpc) is 3.13. The summed E-state index contributed by atoms with van der Waals surface area (Å²) >= 11 is 0. The van der Waals surface area contributed by atoms with Gasteiger partial charge in [-0.15, -0.1) is 0 Å². The standard InChI is InChI=1S/C26H27N2O/c1-15(2)12-19-13-17(4)28(7)23(14-19)24-16(3)8-9-21-20-10-11-22(27-6)18(5)25(20)29-26(21)24/h8-11,13-15H,12H2,1-5,7H3/q+1/i12D2,13D,14D. The highest BCUT2D eigenvalue weighted by Crippen LogP contribution is 2.40. The molecule has 146 valence electrons. The average molecular weight is 388 g/mol. The quantitative estimate of drug-likeness (QED) is 0.281. The lowest BCUT2D eigenvalue weighted by Gasteiger charge is -2.11. The Morgan fingerprint density at radius 1 is 1.10 bits per heavy atom. The molecule has 2 aromatic heterocycles. The maximum absolute atomic E-state index is 9.06. The zero-order valence-corrected chi connectivity index (χ0v) is 17.7. The van der Waals surface area contributed by atoms with Crippen molar-refractivity contribution < 1.29 is 14.5 Å². The van der Waals surface area contributed by atoms with Gasteiger partial charge in [-0.25, -0.2) is 4.85 Å². The molecule has 0 saturated carbocycles. The molecule has 0 unspecified atom stereocenters. The number of pyridine rings is 1. The van der Waals surface area contributed by atoms with E-state index in [2.05, 4.69) is 4.85 Å². The Morgan fingerprint density at radius 2 is 1.79 bits per heavy atom. The Balaban J connectivity index is 2.19. The lowest BCUT2D eigenvalue weighted by Crippen LogP contribution is -2.35. The highest BCUT2D eigenvalue weighted by atomic mass is 16.3. The molecule has 3 nitrogen and oxygen atoms in total. The molecule has 4 rings (SSSR count). The lowest BCUT2D eigenvalue weighted by atomic mass is 9.96. The fourth-order valence-electron chi connectivity index (χ4n) is 3.80. The van der Waals surface area contributed by atoms with Crippen LogP contribution >= 0.6 is 0 Å². The highest BCUT2D eigenvalue weighted by molar-refractivity contribution is 6.11. The molecule has 0 fully saturated rings. The summed E-state index contributed by atoms with van der Waals surface area (Å²) in [5.74, 6) is -0.400. The van der Waals surface area contributed by atoms with Crippen LogP contribution in [-0.4, -0.2) is 0 Å². The van der Waals surface area contributed by atoms with E-state index in [0.29, 0.717) is 33.8 Å². The Kier molecular flexibility index (Phi) is 3.60. The molecule has 0 bridgehead atoms.